The number of hydrogen-bond donors (Lipinski definition) is 0. The maximum Gasteiger partial charge on any atom is 0.338 e. The van der Waals surface area contributed by atoms with Crippen molar-refractivity contribution in [1.29, 1.82) is 0 Å². The van der Waals surface area contributed by atoms with Crippen LogP contribution in [0.2, 0.25) is 0 Å². The lowest BCUT2D eigenvalue weighted by atomic mass is 10.1. The van der Waals surface area contributed by atoms with Crippen molar-refractivity contribution >= 4 is 23.5 Å². The van der Waals surface area contributed by atoms with Crippen molar-refractivity contribution in [3.8, 4) is 5.75 Å². The van der Waals surface area contributed by atoms with Gasteiger partial charge in [0.15, 0.2) is 5.69 Å². The summed E-state index contributed by atoms with van der Waals surface area (Å²) in [4.78, 5) is 13.0. The summed E-state index contributed by atoms with van der Waals surface area (Å²) in [5.41, 5.74) is 3.03. The SMILES string of the molecule is CCN(CC)c1ccc(/C=C\c2onc(C)c2[N+](=O)[O-])c(OCc2ccccc2)c1. The molecule has 0 atom stereocenters. The molecule has 156 valence electrons. The zero-order valence-corrected chi connectivity index (χ0v) is 17.4. The van der Waals surface area contributed by atoms with Crippen LogP contribution in [0, 0.1) is 17.0 Å². The molecular weight excluding hydrogens is 382 g/mol. The second-order valence-corrected chi connectivity index (χ2v) is 6.74. The first-order valence-electron chi connectivity index (χ1n) is 9.88. The zero-order valence-electron chi connectivity index (χ0n) is 17.4. The smallest absolute Gasteiger partial charge is 0.338 e. The molecule has 0 spiro atoms. The summed E-state index contributed by atoms with van der Waals surface area (Å²) in [5, 5.41) is 15.0. The summed E-state index contributed by atoms with van der Waals surface area (Å²) in [6, 6.07) is 15.9. The Morgan fingerprint density at radius 3 is 2.53 bits per heavy atom. The molecule has 0 aliphatic rings. The first kappa shape index (κ1) is 21.1. The van der Waals surface area contributed by atoms with Gasteiger partial charge in [-0.1, -0.05) is 35.5 Å². The Hall–Kier alpha value is -3.61. The third kappa shape index (κ3) is 4.86. The van der Waals surface area contributed by atoms with Crippen molar-refractivity contribution < 1.29 is 14.2 Å². The van der Waals surface area contributed by atoms with Crippen molar-refractivity contribution in [2.75, 3.05) is 18.0 Å². The summed E-state index contributed by atoms with van der Waals surface area (Å²) in [7, 11) is 0. The molecule has 2 aromatic carbocycles. The van der Waals surface area contributed by atoms with Crippen molar-refractivity contribution in [2.24, 2.45) is 0 Å². The summed E-state index contributed by atoms with van der Waals surface area (Å²) in [5.74, 6) is 0.803. The van der Waals surface area contributed by atoms with Crippen LogP contribution >= 0.6 is 0 Å². The first-order chi connectivity index (χ1) is 14.5. The number of aryl methyl sites for hydroxylation is 1. The van der Waals surface area contributed by atoms with Gasteiger partial charge in [0.25, 0.3) is 0 Å². The van der Waals surface area contributed by atoms with E-state index >= 15 is 0 Å². The number of nitro groups is 1. The van der Waals surface area contributed by atoms with Crippen LogP contribution in [0.5, 0.6) is 5.75 Å². The van der Waals surface area contributed by atoms with E-state index < -0.39 is 4.92 Å². The molecule has 3 aromatic rings. The number of ether oxygens (including phenoxy) is 1. The van der Waals surface area contributed by atoms with Gasteiger partial charge in [-0.05, 0) is 50.6 Å². The number of benzene rings is 2. The minimum atomic E-state index is -0.484. The van der Waals surface area contributed by atoms with Gasteiger partial charge in [-0.2, -0.15) is 0 Å². The minimum Gasteiger partial charge on any atom is -0.488 e. The largest absolute Gasteiger partial charge is 0.488 e. The molecule has 3 rings (SSSR count). The third-order valence-electron chi connectivity index (χ3n) is 4.82. The van der Waals surface area contributed by atoms with Crippen molar-refractivity contribution in [2.45, 2.75) is 27.4 Å². The molecule has 30 heavy (non-hydrogen) atoms. The van der Waals surface area contributed by atoms with Gasteiger partial charge in [0.05, 0.1) is 4.92 Å². The van der Waals surface area contributed by atoms with Crippen LogP contribution in [0.15, 0.2) is 53.1 Å². The van der Waals surface area contributed by atoms with Gasteiger partial charge >= 0.3 is 5.69 Å². The molecule has 0 fully saturated rings. The molecular formula is C23H25N3O4. The normalized spacial score (nSPS) is 11.0. The Morgan fingerprint density at radius 2 is 1.87 bits per heavy atom. The molecule has 0 saturated heterocycles. The first-order valence-corrected chi connectivity index (χ1v) is 9.88. The third-order valence-corrected chi connectivity index (χ3v) is 4.82. The maximum absolute atomic E-state index is 11.3. The number of hydrogen-bond acceptors (Lipinski definition) is 6. The lowest BCUT2D eigenvalue weighted by Gasteiger charge is -2.22. The lowest BCUT2D eigenvalue weighted by Crippen LogP contribution is -2.21. The second kappa shape index (κ2) is 9.73. The van der Waals surface area contributed by atoms with Crippen molar-refractivity contribution in [3.05, 3.63) is 81.2 Å². The molecule has 0 aliphatic heterocycles. The molecule has 0 amide bonds. The predicted octanol–water partition coefficient (Wildman–Crippen LogP) is 5.49. The van der Waals surface area contributed by atoms with E-state index in [2.05, 4.69) is 23.9 Å². The molecule has 0 unspecified atom stereocenters. The fourth-order valence-electron chi connectivity index (χ4n) is 3.19. The van der Waals surface area contributed by atoms with E-state index in [1.54, 1.807) is 19.1 Å². The van der Waals surface area contributed by atoms with E-state index in [1.165, 1.54) is 0 Å². The minimum absolute atomic E-state index is 0.110. The Balaban J connectivity index is 1.93. The topological polar surface area (TPSA) is 81.6 Å². The van der Waals surface area contributed by atoms with Crippen LogP contribution in [0.3, 0.4) is 0 Å². The van der Waals surface area contributed by atoms with E-state index in [0.29, 0.717) is 12.4 Å². The van der Waals surface area contributed by atoms with Gasteiger partial charge in [0.2, 0.25) is 5.76 Å². The van der Waals surface area contributed by atoms with Crippen LogP contribution in [-0.4, -0.2) is 23.2 Å². The van der Waals surface area contributed by atoms with Crippen molar-refractivity contribution in [1.82, 2.24) is 5.16 Å². The molecule has 0 aliphatic carbocycles. The highest BCUT2D eigenvalue weighted by Crippen LogP contribution is 2.30. The van der Waals surface area contributed by atoms with Gasteiger partial charge in [0, 0.05) is 30.4 Å². The fourth-order valence-corrected chi connectivity index (χ4v) is 3.19. The Labute approximate surface area is 175 Å². The average Bonchev–Trinajstić information content (AvgIpc) is 3.13. The van der Waals surface area contributed by atoms with Crippen LogP contribution in [0.4, 0.5) is 11.4 Å². The number of nitrogens with zero attached hydrogens (tertiary/aromatic N) is 3. The molecule has 7 heteroatoms. The Kier molecular flexibility index (Phi) is 6.85. The average molecular weight is 407 g/mol. The molecule has 0 bridgehead atoms. The predicted molar refractivity (Wildman–Crippen MR) is 118 cm³/mol. The highest BCUT2D eigenvalue weighted by atomic mass is 16.6. The van der Waals surface area contributed by atoms with Crippen LogP contribution in [0.25, 0.3) is 12.2 Å². The van der Waals surface area contributed by atoms with Crippen LogP contribution in [-0.2, 0) is 6.61 Å². The highest BCUT2D eigenvalue weighted by molar-refractivity contribution is 5.75. The molecule has 0 saturated carbocycles. The van der Waals surface area contributed by atoms with E-state index in [-0.39, 0.29) is 17.1 Å². The monoisotopic (exact) mass is 407 g/mol. The number of rotatable bonds is 9. The van der Waals surface area contributed by atoms with Crippen LogP contribution < -0.4 is 9.64 Å². The summed E-state index contributed by atoms with van der Waals surface area (Å²) in [6.07, 6.45) is 3.30. The van der Waals surface area contributed by atoms with E-state index in [4.69, 9.17) is 9.26 Å². The van der Waals surface area contributed by atoms with Gasteiger partial charge in [-0.3, -0.25) is 10.1 Å². The molecule has 7 nitrogen and oxygen atoms in total. The van der Waals surface area contributed by atoms with E-state index in [0.717, 1.165) is 29.9 Å². The van der Waals surface area contributed by atoms with Crippen LogP contribution in [0.1, 0.15) is 36.4 Å². The molecule has 0 N–H and O–H groups in total. The summed E-state index contributed by atoms with van der Waals surface area (Å²) >= 11 is 0. The second-order valence-electron chi connectivity index (χ2n) is 6.74. The van der Waals surface area contributed by atoms with Gasteiger partial charge in [-0.25, -0.2) is 0 Å². The van der Waals surface area contributed by atoms with Gasteiger partial charge in [-0.15, -0.1) is 0 Å². The molecule has 1 heterocycles. The number of anilines is 1. The zero-order chi connectivity index (χ0) is 21.5. The summed E-state index contributed by atoms with van der Waals surface area (Å²) in [6.45, 7) is 7.94. The maximum atomic E-state index is 11.3. The lowest BCUT2D eigenvalue weighted by molar-refractivity contribution is -0.386. The Morgan fingerprint density at radius 1 is 1.13 bits per heavy atom. The van der Waals surface area contributed by atoms with Gasteiger partial charge < -0.3 is 14.2 Å². The molecule has 0 radical (unpaired) electrons. The quantitative estimate of drug-likeness (QED) is 0.345. The fraction of sp³-hybridized carbons (Fsp3) is 0.261. The van der Waals surface area contributed by atoms with E-state index in [9.17, 15) is 10.1 Å². The van der Waals surface area contributed by atoms with Gasteiger partial charge in [0.1, 0.15) is 12.4 Å². The standard InChI is InChI=1S/C23H25N3O4/c1-4-25(5-2)20-13-11-19(12-14-21-23(26(27)28)17(3)24-30-21)22(15-20)29-16-18-9-7-6-8-10-18/h6-15H,4-5,16H2,1-3H3/b14-12-. The summed E-state index contributed by atoms with van der Waals surface area (Å²) < 4.78 is 11.2. The molecule has 1 aromatic heterocycles. The highest BCUT2D eigenvalue weighted by Gasteiger charge is 2.22. The van der Waals surface area contributed by atoms with Crippen molar-refractivity contribution in [3.63, 3.8) is 0 Å². The van der Waals surface area contributed by atoms with E-state index in [1.807, 2.05) is 48.5 Å². The Bertz CT molecular complexity index is 1020. The number of aromatic nitrogens is 1.